The van der Waals surface area contributed by atoms with E-state index < -0.39 is 0 Å². The van der Waals surface area contributed by atoms with E-state index in [-0.39, 0.29) is 6.10 Å². The maximum atomic E-state index is 6.48. The molecule has 6 rings (SSSR count). The maximum Gasteiger partial charge on any atom is 0.256 e. The van der Waals surface area contributed by atoms with E-state index in [1.54, 1.807) is 30.5 Å². The van der Waals surface area contributed by atoms with Crippen LogP contribution in [0.15, 0.2) is 49.4 Å². The normalized spacial score (nSPS) is 19.1. The van der Waals surface area contributed by atoms with Gasteiger partial charge in [0.25, 0.3) is 5.88 Å². The fourth-order valence-corrected chi connectivity index (χ4v) is 6.40. The number of anilines is 2. The van der Waals surface area contributed by atoms with Gasteiger partial charge >= 0.3 is 0 Å². The summed E-state index contributed by atoms with van der Waals surface area (Å²) in [5.74, 6) is 1.55. The number of hydrogen-bond acceptors (Lipinski definition) is 12. The van der Waals surface area contributed by atoms with Crippen LogP contribution in [0.2, 0.25) is 5.02 Å². The molecule has 2 fully saturated rings. The van der Waals surface area contributed by atoms with E-state index in [9.17, 15) is 0 Å². The van der Waals surface area contributed by atoms with Gasteiger partial charge in [0, 0.05) is 57.2 Å². The number of rotatable bonds is 17. The monoisotopic (exact) mass is 695 g/mol. The lowest BCUT2D eigenvalue weighted by Gasteiger charge is -2.38. The highest BCUT2D eigenvalue weighted by Crippen LogP contribution is 2.35. The van der Waals surface area contributed by atoms with Crippen LogP contribution < -0.4 is 14.8 Å². The average Bonchev–Trinajstić information content (AvgIpc) is 3.79. The van der Waals surface area contributed by atoms with Crippen LogP contribution in [-0.2, 0) is 20.8 Å². The summed E-state index contributed by atoms with van der Waals surface area (Å²) < 4.78 is 32.3. The maximum absolute atomic E-state index is 6.48. The molecule has 14 nitrogen and oxygen atoms in total. The van der Waals surface area contributed by atoms with Gasteiger partial charge in [-0.1, -0.05) is 17.7 Å². The highest BCUT2D eigenvalue weighted by atomic mass is 35.5. The number of halogens is 1. The Morgan fingerprint density at radius 3 is 2.55 bits per heavy atom. The van der Waals surface area contributed by atoms with Gasteiger partial charge in [-0.05, 0) is 50.3 Å². The van der Waals surface area contributed by atoms with Crippen LogP contribution in [0.1, 0.15) is 45.1 Å². The van der Waals surface area contributed by atoms with E-state index in [0.717, 1.165) is 75.2 Å². The Labute approximate surface area is 292 Å². The molecule has 3 aromatic heterocycles. The van der Waals surface area contributed by atoms with E-state index >= 15 is 0 Å². The molecular formula is C34H46ClN9O5. The molecule has 15 heteroatoms. The van der Waals surface area contributed by atoms with Crippen molar-refractivity contribution in [2.45, 2.75) is 63.8 Å². The van der Waals surface area contributed by atoms with Crippen LogP contribution in [0.25, 0.3) is 11.1 Å². The van der Waals surface area contributed by atoms with Crippen molar-refractivity contribution in [3.63, 3.8) is 0 Å². The van der Waals surface area contributed by atoms with Crippen molar-refractivity contribution in [3.05, 3.63) is 54.5 Å². The third-order valence-electron chi connectivity index (χ3n) is 8.81. The number of morpholine rings is 1. The van der Waals surface area contributed by atoms with Gasteiger partial charge in [0.1, 0.15) is 30.2 Å². The van der Waals surface area contributed by atoms with Gasteiger partial charge in [-0.3, -0.25) is 9.58 Å². The summed E-state index contributed by atoms with van der Waals surface area (Å²) in [5, 5.41) is 12.9. The van der Waals surface area contributed by atoms with Gasteiger partial charge in [0.05, 0.1) is 56.8 Å². The van der Waals surface area contributed by atoms with Gasteiger partial charge in [0.2, 0.25) is 5.95 Å². The first-order valence-corrected chi connectivity index (χ1v) is 17.4. The zero-order chi connectivity index (χ0) is 33.8. The van der Waals surface area contributed by atoms with E-state index in [1.165, 1.54) is 6.33 Å². The molecule has 0 bridgehead atoms. The van der Waals surface area contributed by atoms with Gasteiger partial charge in [0.15, 0.2) is 0 Å². The molecule has 1 N–H and O–H groups in total. The molecule has 0 unspecified atom stereocenters. The predicted octanol–water partition coefficient (Wildman–Crippen LogP) is 5.04. The van der Waals surface area contributed by atoms with Crippen LogP contribution >= 0.6 is 11.6 Å². The van der Waals surface area contributed by atoms with Crippen LogP contribution in [0.4, 0.5) is 11.6 Å². The zero-order valence-corrected chi connectivity index (χ0v) is 29.0. The fraction of sp³-hybridized carbons (Fsp3) is 0.559. The van der Waals surface area contributed by atoms with E-state index in [0.29, 0.717) is 67.7 Å². The minimum Gasteiger partial charge on any atom is -0.487 e. The van der Waals surface area contributed by atoms with Crippen LogP contribution in [0, 0.1) is 0 Å². The topological polar surface area (TPSA) is 136 Å². The van der Waals surface area contributed by atoms with Crippen molar-refractivity contribution in [1.82, 2.24) is 39.4 Å². The minimum atomic E-state index is -0.169. The number of nitrogens with one attached hydrogen (secondary N) is 1. The second-order valence-electron chi connectivity index (χ2n) is 12.4. The molecule has 4 aromatic rings. The molecule has 1 aliphatic heterocycles. The molecule has 49 heavy (non-hydrogen) atoms. The molecular weight excluding hydrogens is 650 g/mol. The summed E-state index contributed by atoms with van der Waals surface area (Å²) in [5.41, 5.74) is 2.44. The van der Waals surface area contributed by atoms with Gasteiger partial charge in [-0.15, -0.1) is 5.10 Å². The smallest absolute Gasteiger partial charge is 0.256 e. The molecule has 1 aromatic carbocycles. The lowest BCUT2D eigenvalue weighted by Crippen LogP contribution is -2.45. The van der Waals surface area contributed by atoms with E-state index in [4.69, 9.17) is 40.4 Å². The third kappa shape index (κ3) is 9.88. The molecule has 1 atom stereocenters. The lowest BCUT2D eigenvalue weighted by molar-refractivity contribution is 0.00502. The van der Waals surface area contributed by atoms with Gasteiger partial charge in [-0.25, -0.2) is 19.6 Å². The fourth-order valence-electron chi connectivity index (χ4n) is 6.24. The molecule has 0 spiro atoms. The van der Waals surface area contributed by atoms with Crippen molar-refractivity contribution in [1.29, 1.82) is 0 Å². The number of hydrogen-bond donors (Lipinski definition) is 1. The second kappa shape index (κ2) is 17.7. The van der Waals surface area contributed by atoms with Crippen molar-refractivity contribution in [2.75, 3.05) is 65.2 Å². The number of methoxy groups -OCH3 is 1. The quantitative estimate of drug-likeness (QED) is 0.148. The highest BCUT2D eigenvalue weighted by Gasteiger charge is 2.29. The summed E-state index contributed by atoms with van der Waals surface area (Å²) in [6.07, 6.45) is 13.7. The van der Waals surface area contributed by atoms with Crippen molar-refractivity contribution >= 4 is 23.2 Å². The van der Waals surface area contributed by atoms with Crippen LogP contribution in [-0.4, -0.2) is 111 Å². The SMILES string of the molecule is COCCOCCCOc1nn([C@H]2CC[C@H](N3CCOCC3)CC2)cc1Nc1ncc(-c2ccc(Cl)c(O[C@@H](C)Cn3cncn3)c2)cn1. The number of aromatic nitrogens is 7. The predicted molar refractivity (Wildman–Crippen MR) is 185 cm³/mol. The average molecular weight is 696 g/mol. The Balaban J connectivity index is 1.10. The van der Waals surface area contributed by atoms with Gasteiger partial charge in [-0.2, -0.15) is 5.10 Å². The Morgan fingerprint density at radius 1 is 1.00 bits per heavy atom. The summed E-state index contributed by atoms with van der Waals surface area (Å²) in [4.78, 5) is 15.8. The first kappa shape index (κ1) is 35.0. The Hall–Kier alpha value is -3.82. The second-order valence-corrected chi connectivity index (χ2v) is 12.8. The first-order valence-electron chi connectivity index (χ1n) is 17.0. The third-order valence-corrected chi connectivity index (χ3v) is 9.12. The zero-order valence-electron chi connectivity index (χ0n) is 28.2. The summed E-state index contributed by atoms with van der Waals surface area (Å²) in [6.45, 7) is 8.40. The molecule has 264 valence electrons. The van der Waals surface area contributed by atoms with E-state index in [2.05, 4.69) is 34.9 Å². The van der Waals surface area contributed by atoms with Gasteiger partial charge < -0.3 is 29.0 Å². The summed E-state index contributed by atoms with van der Waals surface area (Å²) in [6, 6.07) is 6.55. The molecule has 0 amide bonds. The largest absolute Gasteiger partial charge is 0.487 e. The van der Waals surface area contributed by atoms with Crippen LogP contribution in [0.3, 0.4) is 0 Å². The lowest BCUT2D eigenvalue weighted by atomic mass is 9.90. The minimum absolute atomic E-state index is 0.169. The molecule has 1 aliphatic carbocycles. The Bertz CT molecular complexity index is 1560. The summed E-state index contributed by atoms with van der Waals surface area (Å²) in [7, 11) is 1.66. The standard InChI is InChI=1S/C34H46ClN9O5/c1-25(21-43-24-36-23-39-43)49-32-18-26(4-9-30(32)35)27-19-37-34(38-20-27)40-31-22-44(41-33(31)48-13-3-12-46-17-16-45-2)29-7-5-28(6-8-29)42-10-14-47-15-11-42/h4,9,18-20,22-25,28-29H,3,5-8,10-17,21H2,1-2H3,(H,37,38,40)/t25-,28-,29-/m0/s1. The van der Waals surface area contributed by atoms with Crippen molar-refractivity contribution in [3.8, 4) is 22.8 Å². The van der Waals surface area contributed by atoms with Crippen molar-refractivity contribution < 1.29 is 23.7 Å². The molecule has 2 aliphatic rings. The molecule has 0 radical (unpaired) electrons. The first-order chi connectivity index (χ1) is 24.1. The number of ether oxygens (including phenoxy) is 5. The Kier molecular flexibility index (Phi) is 12.7. The van der Waals surface area contributed by atoms with E-state index in [1.807, 2.05) is 31.3 Å². The summed E-state index contributed by atoms with van der Waals surface area (Å²) >= 11 is 6.48. The number of benzene rings is 1. The molecule has 4 heterocycles. The van der Waals surface area contributed by atoms with Crippen molar-refractivity contribution in [2.24, 2.45) is 0 Å². The molecule has 1 saturated carbocycles. The Morgan fingerprint density at radius 2 is 1.80 bits per heavy atom. The molecule has 1 saturated heterocycles. The van der Waals surface area contributed by atoms with Crippen LogP contribution in [0.5, 0.6) is 11.6 Å². The highest BCUT2D eigenvalue weighted by molar-refractivity contribution is 6.32. The number of nitrogens with zero attached hydrogens (tertiary/aromatic N) is 8.